The van der Waals surface area contributed by atoms with E-state index in [1.807, 2.05) is 26.0 Å². The van der Waals surface area contributed by atoms with Gasteiger partial charge in [-0.3, -0.25) is 4.79 Å². The van der Waals surface area contributed by atoms with E-state index in [9.17, 15) is 13.2 Å². The summed E-state index contributed by atoms with van der Waals surface area (Å²) in [6.07, 6.45) is 1.65. The first-order valence-electron chi connectivity index (χ1n) is 8.90. The molecular weight excluding hydrogens is 374 g/mol. The van der Waals surface area contributed by atoms with Crippen LogP contribution in [0.25, 0.3) is 0 Å². The van der Waals surface area contributed by atoms with Gasteiger partial charge in [-0.25, -0.2) is 8.42 Å². The minimum absolute atomic E-state index is 0.0274. The maximum atomic E-state index is 12.1. The number of amides is 1. The Morgan fingerprint density at radius 3 is 2.92 bits per heavy atom. The van der Waals surface area contributed by atoms with Gasteiger partial charge in [-0.2, -0.15) is 0 Å². The molecule has 0 spiro atoms. The molecule has 2 aliphatic rings. The summed E-state index contributed by atoms with van der Waals surface area (Å²) in [7, 11) is -2.90. The highest BCUT2D eigenvalue weighted by Gasteiger charge is 2.28. The normalized spacial score (nSPS) is 23.3. The van der Waals surface area contributed by atoms with Crippen molar-refractivity contribution in [3.05, 3.63) is 23.3 Å². The van der Waals surface area contributed by atoms with Crippen LogP contribution in [-0.4, -0.2) is 49.5 Å². The summed E-state index contributed by atoms with van der Waals surface area (Å²) < 4.78 is 34.5. The highest BCUT2D eigenvalue weighted by atomic mass is 32.2. The molecule has 0 aliphatic carbocycles. The van der Waals surface area contributed by atoms with E-state index in [1.165, 1.54) is 11.8 Å². The largest absolute Gasteiger partial charge is 0.494 e. The maximum absolute atomic E-state index is 12.1. The Hall–Kier alpha value is -1.41. The number of hydrogen-bond acceptors (Lipinski definition) is 6. The molecule has 2 heterocycles. The molecule has 2 aliphatic heterocycles. The monoisotopic (exact) mass is 399 g/mol. The second-order valence-corrected chi connectivity index (χ2v) is 10.3. The number of carbonyl (C=O) groups excluding carboxylic acids is 1. The van der Waals surface area contributed by atoms with Crippen LogP contribution < -0.4 is 14.8 Å². The third-order valence-electron chi connectivity index (χ3n) is 4.50. The summed E-state index contributed by atoms with van der Waals surface area (Å²) in [6, 6.07) is 3.95. The molecule has 8 heteroatoms. The number of ether oxygens (including phenoxy) is 2. The van der Waals surface area contributed by atoms with Gasteiger partial charge in [0.2, 0.25) is 5.91 Å². The molecule has 1 aromatic rings. The fraction of sp³-hybridized carbons (Fsp3) is 0.611. The van der Waals surface area contributed by atoms with E-state index in [0.29, 0.717) is 19.6 Å². The Morgan fingerprint density at radius 2 is 2.23 bits per heavy atom. The zero-order valence-corrected chi connectivity index (χ0v) is 16.7. The second kappa shape index (κ2) is 8.08. The number of rotatable bonds is 7. The highest BCUT2D eigenvalue weighted by molar-refractivity contribution is 8.02. The SMILES string of the molecule is CCOc1cc2c(cc1CNC(=O)CS[C@H]1CCS(=O)(=O)C1)O[C@H](C)C2. The van der Waals surface area contributed by atoms with Crippen molar-refractivity contribution in [2.24, 2.45) is 0 Å². The molecule has 0 aromatic heterocycles. The van der Waals surface area contributed by atoms with Crippen LogP contribution in [0.1, 0.15) is 31.4 Å². The zero-order valence-electron chi connectivity index (χ0n) is 15.1. The number of carbonyl (C=O) groups is 1. The van der Waals surface area contributed by atoms with Gasteiger partial charge in [0.05, 0.1) is 23.9 Å². The summed E-state index contributed by atoms with van der Waals surface area (Å²) in [5, 5.41) is 2.93. The van der Waals surface area contributed by atoms with E-state index < -0.39 is 9.84 Å². The lowest BCUT2D eigenvalue weighted by Gasteiger charge is -2.14. The molecule has 26 heavy (non-hydrogen) atoms. The smallest absolute Gasteiger partial charge is 0.230 e. The van der Waals surface area contributed by atoms with E-state index >= 15 is 0 Å². The number of benzene rings is 1. The van der Waals surface area contributed by atoms with Gasteiger partial charge in [0, 0.05) is 29.3 Å². The average molecular weight is 400 g/mol. The van der Waals surface area contributed by atoms with Crippen LogP contribution in [0.4, 0.5) is 0 Å². The lowest BCUT2D eigenvalue weighted by molar-refractivity contribution is -0.118. The maximum Gasteiger partial charge on any atom is 0.230 e. The van der Waals surface area contributed by atoms with Crippen LogP contribution in [0.2, 0.25) is 0 Å². The van der Waals surface area contributed by atoms with Gasteiger partial charge in [0.15, 0.2) is 9.84 Å². The Morgan fingerprint density at radius 1 is 1.42 bits per heavy atom. The lowest BCUT2D eigenvalue weighted by Crippen LogP contribution is -2.26. The first kappa shape index (κ1) is 19.4. The highest BCUT2D eigenvalue weighted by Crippen LogP contribution is 2.35. The summed E-state index contributed by atoms with van der Waals surface area (Å²) in [4.78, 5) is 12.1. The standard InChI is InChI=1S/C18H25NO5S2/c1-3-23-16-7-13-6-12(2)24-17(13)8-14(16)9-19-18(20)10-25-15-4-5-26(21,22)11-15/h7-8,12,15H,3-6,9-11H2,1-2H3,(H,19,20)/t12-,15+/m1/s1. The van der Waals surface area contributed by atoms with Gasteiger partial charge in [-0.1, -0.05) is 0 Å². The van der Waals surface area contributed by atoms with Crippen LogP contribution in [0, 0.1) is 0 Å². The van der Waals surface area contributed by atoms with Crippen molar-refractivity contribution < 1.29 is 22.7 Å². The quantitative estimate of drug-likeness (QED) is 0.755. The number of hydrogen-bond donors (Lipinski definition) is 1. The molecule has 1 N–H and O–H groups in total. The Balaban J connectivity index is 1.55. The van der Waals surface area contributed by atoms with Crippen molar-refractivity contribution in [1.82, 2.24) is 5.32 Å². The van der Waals surface area contributed by atoms with E-state index in [0.717, 1.165) is 29.0 Å². The van der Waals surface area contributed by atoms with Gasteiger partial charge < -0.3 is 14.8 Å². The zero-order chi connectivity index (χ0) is 18.7. The van der Waals surface area contributed by atoms with Gasteiger partial charge in [-0.15, -0.1) is 11.8 Å². The summed E-state index contributed by atoms with van der Waals surface area (Å²) in [6.45, 7) is 4.88. The molecule has 0 bridgehead atoms. The van der Waals surface area contributed by atoms with Crippen LogP contribution in [0.3, 0.4) is 0 Å². The molecule has 2 atom stereocenters. The third kappa shape index (κ3) is 4.85. The minimum atomic E-state index is -2.90. The van der Waals surface area contributed by atoms with Gasteiger partial charge in [0.25, 0.3) is 0 Å². The summed E-state index contributed by atoms with van der Waals surface area (Å²) >= 11 is 1.42. The molecule has 1 saturated heterocycles. The van der Waals surface area contributed by atoms with Gasteiger partial charge in [0.1, 0.15) is 17.6 Å². The van der Waals surface area contributed by atoms with Crippen LogP contribution in [0.5, 0.6) is 11.5 Å². The predicted molar refractivity (Wildman–Crippen MR) is 103 cm³/mol. The summed E-state index contributed by atoms with van der Waals surface area (Å²) in [5.41, 5.74) is 2.02. The molecule has 1 fully saturated rings. The molecule has 0 radical (unpaired) electrons. The van der Waals surface area contributed by atoms with Crippen LogP contribution in [0.15, 0.2) is 12.1 Å². The van der Waals surface area contributed by atoms with Crippen molar-refractivity contribution in [2.45, 2.75) is 44.6 Å². The first-order chi connectivity index (χ1) is 12.4. The number of nitrogens with one attached hydrogen (secondary N) is 1. The van der Waals surface area contributed by atoms with Gasteiger partial charge >= 0.3 is 0 Å². The number of sulfone groups is 1. The lowest BCUT2D eigenvalue weighted by atomic mass is 10.1. The topological polar surface area (TPSA) is 81.7 Å². The van der Waals surface area contributed by atoms with Crippen molar-refractivity contribution in [2.75, 3.05) is 23.9 Å². The Labute approximate surface area is 158 Å². The number of thioether (sulfide) groups is 1. The molecule has 144 valence electrons. The Kier molecular flexibility index (Phi) is 6.02. The average Bonchev–Trinajstić information content (AvgIpc) is 3.11. The molecule has 3 rings (SSSR count). The van der Waals surface area contributed by atoms with Crippen LogP contribution in [-0.2, 0) is 27.6 Å². The van der Waals surface area contributed by atoms with Crippen molar-refractivity contribution in [1.29, 1.82) is 0 Å². The molecule has 1 aromatic carbocycles. The molecule has 0 unspecified atom stereocenters. The van der Waals surface area contributed by atoms with E-state index in [2.05, 4.69) is 5.32 Å². The first-order valence-corrected chi connectivity index (χ1v) is 11.8. The Bertz CT molecular complexity index is 778. The second-order valence-electron chi connectivity index (χ2n) is 6.75. The molecular formula is C18H25NO5S2. The molecule has 1 amide bonds. The van der Waals surface area contributed by atoms with E-state index in [-0.39, 0.29) is 34.5 Å². The van der Waals surface area contributed by atoms with Crippen molar-refractivity contribution >= 4 is 27.5 Å². The predicted octanol–water partition coefficient (Wildman–Crippen LogP) is 1.95. The summed E-state index contributed by atoms with van der Waals surface area (Å²) in [5.74, 6) is 2.21. The van der Waals surface area contributed by atoms with E-state index in [1.54, 1.807) is 0 Å². The fourth-order valence-electron chi connectivity index (χ4n) is 3.24. The minimum Gasteiger partial charge on any atom is -0.494 e. The van der Waals surface area contributed by atoms with E-state index in [4.69, 9.17) is 9.47 Å². The fourth-order valence-corrected chi connectivity index (χ4v) is 6.71. The van der Waals surface area contributed by atoms with Crippen LogP contribution >= 0.6 is 11.8 Å². The van der Waals surface area contributed by atoms with Gasteiger partial charge in [-0.05, 0) is 32.4 Å². The number of fused-ring (bicyclic) bond motifs is 1. The molecule has 6 nitrogen and oxygen atoms in total. The van der Waals surface area contributed by atoms with Crippen molar-refractivity contribution in [3.8, 4) is 11.5 Å². The molecule has 0 saturated carbocycles. The third-order valence-corrected chi connectivity index (χ3v) is 7.78. The van der Waals surface area contributed by atoms with Crippen molar-refractivity contribution in [3.63, 3.8) is 0 Å².